The molecule has 1 rings (SSSR count). The second kappa shape index (κ2) is 1.72. The number of hydrogen-bond donors (Lipinski definition) is 1. The molecule has 0 heterocycles. The lowest BCUT2D eigenvalue weighted by atomic mass is 9.63. The molecule has 2 N–H and O–H groups in total. The number of hydrogen-bond acceptors (Lipinski definition) is 1. The first-order valence-corrected chi connectivity index (χ1v) is 3.34. The van der Waals surface area contributed by atoms with Gasteiger partial charge in [0.15, 0.2) is 0 Å². The van der Waals surface area contributed by atoms with Crippen molar-refractivity contribution in [3.8, 4) is 0 Å². The monoisotopic (exact) mass is 127 g/mol. The van der Waals surface area contributed by atoms with Gasteiger partial charge in [0.1, 0.15) is 0 Å². The number of amides is 1. The molecule has 0 saturated heterocycles. The highest BCUT2D eigenvalue weighted by molar-refractivity contribution is 5.81. The van der Waals surface area contributed by atoms with E-state index in [2.05, 4.69) is 6.92 Å². The van der Waals surface area contributed by atoms with Gasteiger partial charge in [0, 0.05) is 5.41 Å². The van der Waals surface area contributed by atoms with E-state index in [0.29, 0.717) is 5.92 Å². The van der Waals surface area contributed by atoms with E-state index in [0.717, 1.165) is 12.8 Å². The molecule has 0 aliphatic heterocycles. The first kappa shape index (κ1) is 6.59. The highest BCUT2D eigenvalue weighted by Gasteiger charge is 2.42. The SMILES string of the molecule is C[C@H]1C[C@@](C)(C(N)=O)C1. The van der Waals surface area contributed by atoms with Crippen LogP contribution in [0.15, 0.2) is 0 Å². The topological polar surface area (TPSA) is 43.1 Å². The molecule has 0 radical (unpaired) electrons. The zero-order valence-electron chi connectivity index (χ0n) is 5.98. The van der Waals surface area contributed by atoms with Crippen LogP contribution in [0.3, 0.4) is 0 Å². The average molecular weight is 127 g/mol. The van der Waals surface area contributed by atoms with Gasteiger partial charge in [-0.3, -0.25) is 4.79 Å². The van der Waals surface area contributed by atoms with Crippen LogP contribution in [0.4, 0.5) is 0 Å². The minimum atomic E-state index is -0.167. The first-order valence-electron chi connectivity index (χ1n) is 3.34. The molecule has 2 nitrogen and oxygen atoms in total. The van der Waals surface area contributed by atoms with Gasteiger partial charge >= 0.3 is 0 Å². The van der Waals surface area contributed by atoms with E-state index < -0.39 is 0 Å². The fourth-order valence-electron chi connectivity index (χ4n) is 1.68. The highest BCUT2D eigenvalue weighted by Crippen LogP contribution is 2.44. The van der Waals surface area contributed by atoms with Crippen LogP contribution in [-0.4, -0.2) is 5.91 Å². The third-order valence-corrected chi connectivity index (χ3v) is 2.19. The summed E-state index contributed by atoms with van der Waals surface area (Å²) in [4.78, 5) is 10.7. The number of carbonyl (C=O) groups is 1. The minimum Gasteiger partial charge on any atom is -0.369 e. The minimum absolute atomic E-state index is 0.138. The van der Waals surface area contributed by atoms with Gasteiger partial charge in [-0.1, -0.05) is 13.8 Å². The van der Waals surface area contributed by atoms with Gasteiger partial charge < -0.3 is 5.73 Å². The van der Waals surface area contributed by atoms with Crippen molar-refractivity contribution in [2.24, 2.45) is 17.1 Å². The van der Waals surface area contributed by atoms with E-state index in [1.165, 1.54) is 0 Å². The number of primary amides is 1. The summed E-state index contributed by atoms with van der Waals surface area (Å²) >= 11 is 0. The Bertz CT molecular complexity index is 136. The van der Waals surface area contributed by atoms with Crippen molar-refractivity contribution in [2.75, 3.05) is 0 Å². The van der Waals surface area contributed by atoms with Crippen LogP contribution in [0.1, 0.15) is 26.7 Å². The lowest BCUT2D eigenvalue weighted by molar-refractivity contribution is -0.133. The molecule has 2 heteroatoms. The molecule has 9 heavy (non-hydrogen) atoms. The van der Waals surface area contributed by atoms with Crippen LogP contribution >= 0.6 is 0 Å². The lowest BCUT2D eigenvalue weighted by Gasteiger charge is -2.40. The summed E-state index contributed by atoms with van der Waals surface area (Å²) in [5, 5.41) is 0. The van der Waals surface area contributed by atoms with Crippen molar-refractivity contribution in [1.29, 1.82) is 0 Å². The third kappa shape index (κ3) is 0.934. The Morgan fingerprint density at radius 3 is 2.22 bits per heavy atom. The average Bonchev–Trinajstić information content (AvgIpc) is 1.62. The molecule has 1 saturated carbocycles. The molecule has 1 aliphatic carbocycles. The predicted octanol–water partition coefficient (Wildman–Crippen LogP) is 0.908. The maximum absolute atomic E-state index is 10.7. The second-order valence-electron chi connectivity index (χ2n) is 3.44. The van der Waals surface area contributed by atoms with Crippen LogP contribution in [0.5, 0.6) is 0 Å². The summed E-state index contributed by atoms with van der Waals surface area (Å²) < 4.78 is 0. The van der Waals surface area contributed by atoms with Gasteiger partial charge in [0.25, 0.3) is 0 Å². The van der Waals surface area contributed by atoms with Crippen LogP contribution in [0, 0.1) is 11.3 Å². The van der Waals surface area contributed by atoms with E-state index in [1.54, 1.807) is 0 Å². The van der Waals surface area contributed by atoms with Gasteiger partial charge in [-0.2, -0.15) is 0 Å². The zero-order valence-corrected chi connectivity index (χ0v) is 5.98. The quantitative estimate of drug-likeness (QED) is 0.559. The summed E-state index contributed by atoms with van der Waals surface area (Å²) in [6, 6.07) is 0. The van der Waals surface area contributed by atoms with Crippen molar-refractivity contribution in [3.63, 3.8) is 0 Å². The maximum atomic E-state index is 10.7. The zero-order chi connectivity index (χ0) is 7.07. The Balaban J connectivity index is 2.50. The Morgan fingerprint density at radius 1 is 1.67 bits per heavy atom. The number of nitrogens with two attached hydrogens (primary N) is 1. The Morgan fingerprint density at radius 2 is 2.11 bits per heavy atom. The van der Waals surface area contributed by atoms with Crippen LogP contribution < -0.4 is 5.73 Å². The fraction of sp³-hybridized carbons (Fsp3) is 0.857. The van der Waals surface area contributed by atoms with Crippen molar-refractivity contribution in [3.05, 3.63) is 0 Å². The van der Waals surface area contributed by atoms with Gasteiger partial charge in [0.2, 0.25) is 5.91 Å². The first-order chi connectivity index (χ1) is 4.04. The summed E-state index contributed by atoms with van der Waals surface area (Å²) in [5.41, 5.74) is 4.99. The van der Waals surface area contributed by atoms with E-state index in [9.17, 15) is 4.79 Å². The van der Waals surface area contributed by atoms with Gasteiger partial charge in [-0.25, -0.2) is 0 Å². The van der Waals surface area contributed by atoms with Gasteiger partial charge in [-0.05, 0) is 18.8 Å². The molecule has 0 aromatic heterocycles. The standard InChI is InChI=1S/C7H13NO/c1-5-3-7(2,4-5)6(8)9/h5H,3-4H2,1-2H3,(H2,8,9)/t5-,7+. The van der Waals surface area contributed by atoms with E-state index in [-0.39, 0.29) is 11.3 Å². The second-order valence-corrected chi connectivity index (χ2v) is 3.44. The Kier molecular flexibility index (Phi) is 1.26. The largest absolute Gasteiger partial charge is 0.369 e. The van der Waals surface area contributed by atoms with Gasteiger partial charge in [-0.15, -0.1) is 0 Å². The Labute approximate surface area is 55.4 Å². The molecular formula is C7H13NO. The van der Waals surface area contributed by atoms with Crippen LogP contribution in [0.25, 0.3) is 0 Å². The molecule has 0 bridgehead atoms. The molecule has 52 valence electrons. The van der Waals surface area contributed by atoms with Crippen molar-refractivity contribution in [2.45, 2.75) is 26.7 Å². The summed E-state index contributed by atoms with van der Waals surface area (Å²) in [7, 11) is 0. The third-order valence-electron chi connectivity index (χ3n) is 2.19. The normalized spacial score (nSPS) is 41.8. The van der Waals surface area contributed by atoms with Gasteiger partial charge in [0.05, 0.1) is 0 Å². The predicted molar refractivity (Wildman–Crippen MR) is 35.7 cm³/mol. The molecule has 0 spiro atoms. The summed E-state index contributed by atoms with van der Waals surface area (Å²) in [6.45, 7) is 4.08. The number of rotatable bonds is 1. The Hall–Kier alpha value is -0.530. The van der Waals surface area contributed by atoms with E-state index in [4.69, 9.17) is 5.73 Å². The molecule has 0 unspecified atom stereocenters. The summed E-state index contributed by atoms with van der Waals surface area (Å²) in [6.07, 6.45) is 1.95. The smallest absolute Gasteiger partial charge is 0.223 e. The molecular weight excluding hydrogens is 114 g/mol. The highest BCUT2D eigenvalue weighted by atomic mass is 16.1. The summed E-state index contributed by atoms with van der Waals surface area (Å²) in [5.74, 6) is 0.558. The molecule has 1 fully saturated rings. The van der Waals surface area contributed by atoms with E-state index in [1.807, 2.05) is 6.92 Å². The maximum Gasteiger partial charge on any atom is 0.223 e. The lowest BCUT2D eigenvalue weighted by Crippen LogP contribution is -2.44. The fourth-order valence-corrected chi connectivity index (χ4v) is 1.68. The molecule has 1 aliphatic rings. The molecule has 1 amide bonds. The van der Waals surface area contributed by atoms with Crippen LogP contribution in [0.2, 0.25) is 0 Å². The van der Waals surface area contributed by atoms with Crippen molar-refractivity contribution in [1.82, 2.24) is 0 Å². The van der Waals surface area contributed by atoms with E-state index >= 15 is 0 Å². The number of carbonyl (C=O) groups excluding carboxylic acids is 1. The van der Waals surface area contributed by atoms with Crippen molar-refractivity contribution < 1.29 is 4.79 Å². The van der Waals surface area contributed by atoms with Crippen molar-refractivity contribution >= 4 is 5.91 Å². The molecule has 0 aromatic carbocycles. The molecule has 0 atom stereocenters. The van der Waals surface area contributed by atoms with Crippen LogP contribution in [-0.2, 0) is 4.79 Å². The molecule has 0 aromatic rings.